The third-order valence-corrected chi connectivity index (χ3v) is 8.19. The average molecular weight is 840 g/mol. The molecule has 0 saturated heterocycles. The van der Waals surface area contributed by atoms with Crippen LogP contribution in [0.1, 0.15) is 18.3 Å². The number of methoxy groups -OCH3 is 2. The molecule has 0 amide bonds. The summed E-state index contributed by atoms with van der Waals surface area (Å²) in [4.78, 5) is 52.4. The van der Waals surface area contributed by atoms with Gasteiger partial charge in [-0.2, -0.15) is 0 Å². The summed E-state index contributed by atoms with van der Waals surface area (Å²) in [6, 6.07) is 22.7. The van der Waals surface area contributed by atoms with Crippen LogP contribution in [0.15, 0.2) is 104 Å². The van der Waals surface area contributed by atoms with E-state index < -0.39 is 28.9 Å². The van der Waals surface area contributed by atoms with Gasteiger partial charge in [0, 0.05) is 51.0 Å². The summed E-state index contributed by atoms with van der Waals surface area (Å²) in [6.45, 7) is 4.41. The molecule has 8 aromatic rings. The van der Waals surface area contributed by atoms with E-state index >= 15 is 0 Å². The number of ether oxygens (including phenoxy) is 2. The molecular weight excluding hydrogens is 801 g/mol. The molecule has 0 atom stereocenters. The maximum atomic E-state index is 14.6. The number of nitrogens with zero attached hydrogens (tertiary/aromatic N) is 9. The van der Waals surface area contributed by atoms with Crippen LogP contribution in [0.2, 0.25) is 0 Å². The van der Waals surface area contributed by atoms with Crippen LogP contribution in [0.25, 0.3) is 39.1 Å². The van der Waals surface area contributed by atoms with E-state index in [1.54, 1.807) is 68.9 Å². The molecule has 0 unspecified atom stereocenters. The van der Waals surface area contributed by atoms with Gasteiger partial charge >= 0.3 is 11.3 Å². The van der Waals surface area contributed by atoms with Crippen LogP contribution in [0.4, 0.5) is 20.5 Å². The SMILES string of the molecule is CC(=O)O.COc1ccccc1-n1nnc2cc(F)c(-n3c(=O)cc(C)[nH]c3=O)cc21.COc1ccccc1-n1nnc2cc(F)c(N)cc21.Cc1cc(=O)oc(N(C)C)n1. The van der Waals surface area contributed by atoms with E-state index in [2.05, 4.69) is 30.6 Å². The number of aryl methyl sites for hydroxylation is 2. The third-order valence-electron chi connectivity index (χ3n) is 8.19. The number of aromatic nitrogens is 9. The normalized spacial score (nSPS) is 10.4. The first-order valence-electron chi connectivity index (χ1n) is 17.8. The van der Waals surface area contributed by atoms with Gasteiger partial charge in [-0.05, 0) is 50.2 Å². The molecule has 0 bridgehead atoms. The Morgan fingerprint density at radius 3 is 1.79 bits per heavy atom. The number of nitrogens with one attached hydrogen (secondary N) is 1. The minimum absolute atomic E-state index is 0.0611. The smallest absolute Gasteiger partial charge is 0.340 e. The zero-order valence-corrected chi connectivity index (χ0v) is 33.7. The highest BCUT2D eigenvalue weighted by molar-refractivity contribution is 5.81. The number of H-pyrrole nitrogens is 1. The number of rotatable bonds is 6. The molecule has 0 aliphatic carbocycles. The first kappa shape index (κ1) is 43.9. The van der Waals surface area contributed by atoms with E-state index in [0.717, 1.165) is 23.2 Å². The molecule has 4 N–H and O–H groups in total. The van der Waals surface area contributed by atoms with Crippen molar-refractivity contribution < 1.29 is 32.6 Å². The number of hydrogen-bond acceptors (Lipinski definition) is 14. The summed E-state index contributed by atoms with van der Waals surface area (Å²) in [7, 11) is 6.63. The van der Waals surface area contributed by atoms with Gasteiger partial charge in [-0.3, -0.25) is 9.59 Å². The summed E-state index contributed by atoms with van der Waals surface area (Å²) in [5.74, 6) is -0.900. The average Bonchev–Trinajstić information content (AvgIpc) is 3.80. The van der Waals surface area contributed by atoms with Crippen molar-refractivity contribution in [3.63, 3.8) is 0 Å². The van der Waals surface area contributed by atoms with E-state index in [-0.39, 0.29) is 22.5 Å². The summed E-state index contributed by atoms with van der Waals surface area (Å²) in [5.41, 5.74) is 7.88. The van der Waals surface area contributed by atoms with Crippen LogP contribution in [-0.4, -0.2) is 83.9 Å². The maximum absolute atomic E-state index is 14.6. The largest absolute Gasteiger partial charge is 0.494 e. The number of halogens is 2. The first-order chi connectivity index (χ1) is 29.0. The Morgan fingerprint density at radius 1 is 0.787 bits per heavy atom. The Morgan fingerprint density at radius 2 is 1.30 bits per heavy atom. The molecular formula is C40H39F2N11O8. The highest BCUT2D eigenvalue weighted by atomic mass is 19.1. The van der Waals surface area contributed by atoms with Gasteiger partial charge in [0.15, 0.2) is 0 Å². The minimum atomic E-state index is -0.833. The lowest BCUT2D eigenvalue weighted by Crippen LogP contribution is -2.34. The fourth-order valence-corrected chi connectivity index (χ4v) is 5.55. The lowest BCUT2D eigenvalue weighted by molar-refractivity contribution is -0.134. The van der Waals surface area contributed by atoms with Crippen LogP contribution in [0, 0.1) is 25.5 Å². The van der Waals surface area contributed by atoms with E-state index in [1.165, 1.54) is 42.1 Å². The van der Waals surface area contributed by atoms with Gasteiger partial charge in [-0.15, -0.1) is 10.2 Å². The molecule has 0 aliphatic rings. The van der Waals surface area contributed by atoms with E-state index in [0.29, 0.717) is 51.1 Å². The van der Waals surface area contributed by atoms with Gasteiger partial charge < -0.3 is 34.6 Å². The quantitative estimate of drug-likeness (QED) is 0.197. The molecule has 4 aromatic carbocycles. The summed E-state index contributed by atoms with van der Waals surface area (Å²) in [5, 5.41) is 23.4. The maximum Gasteiger partial charge on any atom is 0.340 e. The second kappa shape index (κ2) is 19.0. The number of carboxylic acids is 1. The Kier molecular flexibility index (Phi) is 13.7. The van der Waals surface area contributed by atoms with Crippen LogP contribution >= 0.6 is 0 Å². The molecule has 8 rings (SSSR count). The van der Waals surface area contributed by atoms with Crippen molar-refractivity contribution in [1.29, 1.82) is 0 Å². The molecule has 0 aliphatic heterocycles. The number of carbonyl (C=O) groups is 1. The van der Waals surface area contributed by atoms with E-state index in [1.807, 2.05) is 24.3 Å². The Balaban J connectivity index is 0.000000179. The lowest BCUT2D eigenvalue weighted by Gasteiger charge is -2.10. The third kappa shape index (κ3) is 10.3. The fraction of sp³-hybridized carbons (Fsp3) is 0.175. The van der Waals surface area contributed by atoms with Crippen molar-refractivity contribution >= 4 is 39.7 Å². The van der Waals surface area contributed by atoms with Crippen LogP contribution < -0.4 is 37.0 Å². The zero-order valence-electron chi connectivity index (χ0n) is 33.7. The number of fused-ring (bicyclic) bond motifs is 2. The lowest BCUT2D eigenvalue weighted by atomic mass is 10.2. The Labute approximate surface area is 343 Å². The second-order valence-electron chi connectivity index (χ2n) is 12.9. The second-order valence-corrected chi connectivity index (χ2v) is 12.9. The van der Waals surface area contributed by atoms with Gasteiger partial charge in [0.1, 0.15) is 45.5 Å². The molecule has 4 heterocycles. The van der Waals surface area contributed by atoms with Crippen molar-refractivity contribution in [3.05, 3.63) is 139 Å². The monoisotopic (exact) mass is 839 g/mol. The number of hydrogen-bond donors (Lipinski definition) is 3. The Bertz CT molecular complexity index is 2990. The molecule has 0 spiro atoms. The molecule has 61 heavy (non-hydrogen) atoms. The predicted molar refractivity (Wildman–Crippen MR) is 221 cm³/mol. The summed E-state index contributed by atoms with van der Waals surface area (Å²) in [6.07, 6.45) is 0. The number of benzene rings is 4. The van der Waals surface area contributed by atoms with Crippen LogP contribution in [-0.2, 0) is 4.79 Å². The van der Waals surface area contributed by atoms with Crippen molar-refractivity contribution in [3.8, 4) is 28.6 Å². The van der Waals surface area contributed by atoms with E-state index in [4.69, 9.17) is 29.5 Å². The number of para-hydroxylation sites is 4. The van der Waals surface area contributed by atoms with Crippen LogP contribution in [0.5, 0.6) is 11.5 Å². The van der Waals surface area contributed by atoms with Crippen LogP contribution in [0.3, 0.4) is 0 Å². The van der Waals surface area contributed by atoms with Crippen molar-refractivity contribution in [2.24, 2.45) is 0 Å². The number of anilines is 2. The molecule has 19 nitrogen and oxygen atoms in total. The predicted octanol–water partition coefficient (Wildman–Crippen LogP) is 4.37. The number of nitrogens with two attached hydrogens (primary N) is 1. The molecule has 316 valence electrons. The standard InChI is InChI=1S/C18H14FN5O3.C13H11FN4O.C7H10N2O2.C2H4O2/c1-10-7-17(25)23(18(26)20-10)14-9-15-12(8-11(14)19)21-22-24(15)13-5-3-4-6-16(13)27-2;1-19-13-5-3-2-4-11(13)18-12-7-9(15)8(14)6-10(12)16-17-18;1-5-4-6(10)11-7(8-5)9(2)3;1-2(3)4/h3-9H,1-2H3,(H,20,26);2-7H,15H2,1H3;4H,1-3H3;1H3,(H,3,4). The van der Waals surface area contributed by atoms with Gasteiger partial charge in [0.2, 0.25) is 0 Å². The zero-order chi connectivity index (χ0) is 44.5. The molecule has 0 radical (unpaired) electrons. The van der Waals surface area contributed by atoms with E-state index in [9.17, 15) is 23.2 Å². The number of aliphatic carboxylic acids is 1. The molecule has 0 saturated carbocycles. The van der Waals surface area contributed by atoms with Crippen molar-refractivity contribution in [1.82, 2.24) is 44.5 Å². The minimum Gasteiger partial charge on any atom is -0.494 e. The van der Waals surface area contributed by atoms with Gasteiger partial charge in [0.05, 0.1) is 42.3 Å². The topological polar surface area (TPSA) is 244 Å². The highest BCUT2D eigenvalue weighted by Gasteiger charge is 2.18. The fourth-order valence-electron chi connectivity index (χ4n) is 5.55. The number of carboxylic acid groups (broad SMARTS) is 1. The van der Waals surface area contributed by atoms with Gasteiger partial charge in [-0.25, -0.2) is 37.3 Å². The van der Waals surface area contributed by atoms with Crippen molar-refractivity contribution in [2.75, 3.05) is 38.9 Å². The highest BCUT2D eigenvalue weighted by Crippen LogP contribution is 2.28. The van der Waals surface area contributed by atoms with Crippen molar-refractivity contribution in [2.45, 2.75) is 20.8 Å². The molecule has 0 fully saturated rings. The Hall–Kier alpha value is -8.23. The first-order valence-corrected chi connectivity index (χ1v) is 17.8. The number of aromatic amines is 1. The van der Waals surface area contributed by atoms with Gasteiger partial charge in [0.25, 0.3) is 17.5 Å². The summed E-state index contributed by atoms with van der Waals surface area (Å²) >= 11 is 0. The molecule has 4 aromatic heterocycles. The molecule has 21 heteroatoms. The summed E-state index contributed by atoms with van der Waals surface area (Å²) < 4.78 is 47.2. The van der Waals surface area contributed by atoms with Gasteiger partial charge in [-0.1, -0.05) is 34.7 Å². The number of nitrogen functional groups attached to an aromatic ring is 1.